The fraction of sp³-hybridized carbons (Fsp3) is 0.727. The van der Waals surface area contributed by atoms with Crippen LogP contribution in [0.25, 0.3) is 0 Å². The van der Waals surface area contributed by atoms with Crippen LogP contribution in [0, 0.1) is 5.92 Å². The lowest BCUT2D eigenvalue weighted by Crippen LogP contribution is -2.47. The third-order valence-corrected chi connectivity index (χ3v) is 6.55. The van der Waals surface area contributed by atoms with Crippen LogP contribution in [0.2, 0.25) is 0 Å². The second-order valence-corrected chi connectivity index (χ2v) is 8.91. The van der Waals surface area contributed by atoms with Crippen molar-refractivity contribution in [2.45, 2.75) is 76.0 Å². The lowest BCUT2D eigenvalue weighted by Gasteiger charge is -2.43. The van der Waals surface area contributed by atoms with Crippen LogP contribution in [0.1, 0.15) is 57.9 Å². The molecule has 3 atom stereocenters. The van der Waals surface area contributed by atoms with Crippen LogP contribution in [-0.4, -0.2) is 48.5 Å². The standard InChI is InChI=1S/C22H33NO3/c1-15(2)26-19-7-6-17(12-20(19)25-14-16-4-5-16)22-9-8-18(24)13-21(22)23(3)11-10-22/h6-7,12,15-16,18,21,24H,4-5,8-11,13-14H2,1-3H3/t18-,21+,22+/m1/s1. The third-order valence-electron chi connectivity index (χ3n) is 6.55. The Morgan fingerprint density at radius 3 is 2.73 bits per heavy atom. The molecule has 144 valence electrons. The topological polar surface area (TPSA) is 41.9 Å². The SMILES string of the molecule is CC(C)Oc1ccc([C@@]23CC[C@@H](O)C[C@@H]2N(C)CC3)cc1OCC1CC1. The Labute approximate surface area is 157 Å². The summed E-state index contributed by atoms with van der Waals surface area (Å²) in [6.45, 7) is 6.01. The number of benzene rings is 1. The average molecular weight is 360 g/mol. The molecule has 1 saturated heterocycles. The first-order valence-corrected chi connectivity index (χ1v) is 10.3. The number of hydrogen-bond donors (Lipinski definition) is 1. The molecule has 1 aliphatic heterocycles. The van der Waals surface area contributed by atoms with Crippen LogP contribution in [0.5, 0.6) is 11.5 Å². The van der Waals surface area contributed by atoms with Gasteiger partial charge in [-0.05, 0) is 89.6 Å². The zero-order valence-corrected chi connectivity index (χ0v) is 16.4. The van der Waals surface area contributed by atoms with Gasteiger partial charge >= 0.3 is 0 Å². The van der Waals surface area contributed by atoms with Gasteiger partial charge in [0.15, 0.2) is 11.5 Å². The van der Waals surface area contributed by atoms with E-state index in [1.807, 2.05) is 0 Å². The summed E-state index contributed by atoms with van der Waals surface area (Å²) in [7, 11) is 2.20. The van der Waals surface area contributed by atoms with Gasteiger partial charge in [-0.2, -0.15) is 0 Å². The quantitative estimate of drug-likeness (QED) is 0.840. The molecule has 1 N–H and O–H groups in total. The first kappa shape index (κ1) is 18.1. The second kappa shape index (κ2) is 7.05. The Balaban J connectivity index is 1.65. The third kappa shape index (κ3) is 3.46. The molecule has 0 radical (unpaired) electrons. The van der Waals surface area contributed by atoms with Crippen molar-refractivity contribution < 1.29 is 14.6 Å². The molecule has 0 spiro atoms. The van der Waals surface area contributed by atoms with Crippen LogP contribution in [0.3, 0.4) is 0 Å². The highest BCUT2D eigenvalue weighted by molar-refractivity contribution is 5.47. The maximum atomic E-state index is 10.2. The van der Waals surface area contributed by atoms with E-state index >= 15 is 0 Å². The molecular formula is C22H33NO3. The van der Waals surface area contributed by atoms with Gasteiger partial charge in [0, 0.05) is 11.5 Å². The van der Waals surface area contributed by atoms with Gasteiger partial charge in [-0.1, -0.05) is 6.07 Å². The zero-order chi connectivity index (χ0) is 18.3. The predicted octanol–water partition coefficient (Wildman–Crippen LogP) is 3.75. The van der Waals surface area contributed by atoms with Crippen molar-refractivity contribution in [3.8, 4) is 11.5 Å². The molecular weight excluding hydrogens is 326 g/mol. The molecule has 3 fully saturated rings. The second-order valence-electron chi connectivity index (χ2n) is 8.91. The fourth-order valence-electron chi connectivity index (χ4n) is 4.87. The summed E-state index contributed by atoms with van der Waals surface area (Å²) in [5, 5.41) is 10.2. The molecule has 3 aliphatic rings. The van der Waals surface area contributed by atoms with Crippen LogP contribution in [-0.2, 0) is 5.41 Å². The van der Waals surface area contributed by atoms with Gasteiger partial charge in [0.25, 0.3) is 0 Å². The van der Waals surface area contributed by atoms with Crippen molar-refractivity contribution in [3.05, 3.63) is 23.8 Å². The van der Waals surface area contributed by atoms with Gasteiger partial charge in [-0.25, -0.2) is 0 Å². The largest absolute Gasteiger partial charge is 0.489 e. The summed E-state index contributed by atoms with van der Waals surface area (Å²) in [6.07, 6.45) is 6.53. The van der Waals surface area contributed by atoms with E-state index in [4.69, 9.17) is 9.47 Å². The summed E-state index contributed by atoms with van der Waals surface area (Å²) < 4.78 is 12.2. The molecule has 0 bridgehead atoms. The number of nitrogens with zero attached hydrogens (tertiary/aromatic N) is 1. The Bertz CT molecular complexity index is 642. The summed E-state index contributed by atoms with van der Waals surface area (Å²) in [4.78, 5) is 2.44. The smallest absolute Gasteiger partial charge is 0.161 e. The maximum Gasteiger partial charge on any atom is 0.161 e. The van der Waals surface area contributed by atoms with Crippen molar-refractivity contribution >= 4 is 0 Å². The Morgan fingerprint density at radius 2 is 2.00 bits per heavy atom. The molecule has 4 nitrogen and oxygen atoms in total. The van der Waals surface area contributed by atoms with E-state index in [1.165, 1.54) is 18.4 Å². The molecule has 1 aromatic rings. The van der Waals surface area contributed by atoms with Gasteiger partial charge in [-0.3, -0.25) is 0 Å². The molecule has 0 amide bonds. The summed E-state index contributed by atoms with van der Waals surface area (Å²) in [5.74, 6) is 2.48. The molecule has 2 aliphatic carbocycles. The number of rotatable bonds is 6. The lowest BCUT2D eigenvalue weighted by molar-refractivity contribution is 0.0566. The number of likely N-dealkylation sites (N-methyl/N-ethyl adjacent to an activating group) is 1. The van der Waals surface area contributed by atoms with Crippen molar-refractivity contribution in [1.82, 2.24) is 4.90 Å². The first-order valence-electron chi connectivity index (χ1n) is 10.3. The van der Waals surface area contributed by atoms with E-state index in [0.29, 0.717) is 6.04 Å². The number of aliphatic hydroxyl groups is 1. The Kier molecular flexibility index (Phi) is 4.91. The van der Waals surface area contributed by atoms with Gasteiger partial charge in [0.2, 0.25) is 0 Å². The minimum Gasteiger partial charge on any atom is -0.489 e. The van der Waals surface area contributed by atoms with Crippen molar-refractivity contribution in [1.29, 1.82) is 0 Å². The van der Waals surface area contributed by atoms with E-state index in [9.17, 15) is 5.11 Å². The number of likely N-dealkylation sites (tertiary alicyclic amines) is 1. The molecule has 0 aromatic heterocycles. The monoisotopic (exact) mass is 359 g/mol. The van der Waals surface area contributed by atoms with Crippen LogP contribution in [0.4, 0.5) is 0 Å². The van der Waals surface area contributed by atoms with E-state index in [2.05, 4.69) is 44.0 Å². The number of fused-ring (bicyclic) bond motifs is 1. The molecule has 4 rings (SSSR count). The van der Waals surface area contributed by atoms with Crippen molar-refractivity contribution in [2.24, 2.45) is 5.92 Å². The van der Waals surface area contributed by atoms with Gasteiger partial charge in [0.05, 0.1) is 18.8 Å². The number of hydrogen-bond acceptors (Lipinski definition) is 4. The summed E-state index contributed by atoms with van der Waals surface area (Å²) in [6, 6.07) is 7.00. The van der Waals surface area contributed by atoms with E-state index in [-0.39, 0.29) is 17.6 Å². The van der Waals surface area contributed by atoms with Crippen molar-refractivity contribution in [3.63, 3.8) is 0 Å². The van der Waals surface area contributed by atoms with E-state index in [0.717, 1.165) is 56.3 Å². The maximum absolute atomic E-state index is 10.2. The summed E-state index contributed by atoms with van der Waals surface area (Å²) in [5.41, 5.74) is 1.50. The zero-order valence-electron chi connectivity index (χ0n) is 16.4. The molecule has 0 unspecified atom stereocenters. The predicted molar refractivity (Wildman–Crippen MR) is 103 cm³/mol. The van der Waals surface area contributed by atoms with Gasteiger partial charge in [0.1, 0.15) is 0 Å². The highest BCUT2D eigenvalue weighted by Gasteiger charge is 2.50. The van der Waals surface area contributed by atoms with Crippen LogP contribution < -0.4 is 9.47 Å². The van der Waals surface area contributed by atoms with Crippen LogP contribution >= 0.6 is 0 Å². The first-order chi connectivity index (χ1) is 12.5. The molecule has 2 saturated carbocycles. The summed E-state index contributed by atoms with van der Waals surface area (Å²) >= 11 is 0. The lowest BCUT2D eigenvalue weighted by atomic mass is 9.65. The average Bonchev–Trinajstić information content (AvgIpc) is 3.38. The van der Waals surface area contributed by atoms with Gasteiger partial charge in [-0.15, -0.1) is 0 Å². The number of ether oxygens (including phenoxy) is 2. The highest BCUT2D eigenvalue weighted by Crippen LogP contribution is 2.50. The normalized spacial score (nSPS) is 31.9. The minimum atomic E-state index is -0.164. The van der Waals surface area contributed by atoms with Crippen LogP contribution in [0.15, 0.2) is 18.2 Å². The molecule has 4 heteroatoms. The van der Waals surface area contributed by atoms with Crippen molar-refractivity contribution in [2.75, 3.05) is 20.2 Å². The van der Waals surface area contributed by atoms with Gasteiger partial charge < -0.3 is 19.5 Å². The minimum absolute atomic E-state index is 0.137. The highest BCUT2D eigenvalue weighted by atomic mass is 16.5. The Hall–Kier alpha value is -1.26. The molecule has 26 heavy (non-hydrogen) atoms. The Morgan fingerprint density at radius 1 is 1.19 bits per heavy atom. The molecule has 1 heterocycles. The molecule has 1 aromatic carbocycles. The van der Waals surface area contributed by atoms with E-state index < -0.39 is 0 Å². The fourth-order valence-corrected chi connectivity index (χ4v) is 4.87. The van der Waals surface area contributed by atoms with E-state index in [1.54, 1.807) is 0 Å². The number of aliphatic hydroxyl groups excluding tert-OH is 1.